The summed E-state index contributed by atoms with van der Waals surface area (Å²) in [7, 11) is -5.58. The fourth-order valence-corrected chi connectivity index (χ4v) is 13.1. The molecule has 0 bridgehead atoms. The summed E-state index contributed by atoms with van der Waals surface area (Å²) >= 11 is 0. The molecule has 0 N–H and O–H groups in total. The maximum absolute atomic E-state index is 7.51. The summed E-state index contributed by atoms with van der Waals surface area (Å²) in [5.74, 6) is 0. The zero-order valence-electron chi connectivity index (χ0n) is 17.5. The van der Waals surface area contributed by atoms with E-state index in [4.69, 9.17) is 4.12 Å². The van der Waals surface area contributed by atoms with Gasteiger partial charge >= 0.3 is 0 Å². The Morgan fingerprint density at radius 3 is 0.839 bits per heavy atom. The van der Waals surface area contributed by atoms with E-state index >= 15 is 0 Å². The van der Waals surface area contributed by atoms with Crippen LogP contribution in [0.3, 0.4) is 0 Å². The topological polar surface area (TPSA) is 9.23 Å². The summed E-state index contributed by atoms with van der Waals surface area (Å²) < 4.78 is 7.51. The molecule has 0 aliphatic heterocycles. The van der Waals surface area contributed by atoms with Gasteiger partial charge in [0.1, 0.15) is 0 Å². The highest BCUT2D eigenvalue weighted by atomic mass is 28.4. The largest absolute Gasteiger partial charge is 0.436 e. The molecule has 152 valence electrons. The van der Waals surface area contributed by atoms with E-state index in [1.54, 1.807) is 0 Å². The molecule has 0 spiro atoms. The van der Waals surface area contributed by atoms with Crippen molar-refractivity contribution >= 4 is 37.4 Å². The van der Waals surface area contributed by atoms with Gasteiger partial charge in [-0.15, -0.1) is 13.2 Å². The van der Waals surface area contributed by atoms with E-state index in [1.807, 2.05) is 24.3 Å². The first-order valence-electron chi connectivity index (χ1n) is 10.4. The maximum atomic E-state index is 7.51. The molecule has 0 saturated heterocycles. The Morgan fingerprint density at radius 2 is 0.645 bits per heavy atom. The Hall–Kier alpha value is -3.25. The molecule has 0 aliphatic rings. The van der Waals surface area contributed by atoms with Crippen molar-refractivity contribution in [3.63, 3.8) is 0 Å². The van der Waals surface area contributed by atoms with Crippen LogP contribution in [-0.4, -0.2) is 16.6 Å². The molecule has 0 radical (unpaired) electrons. The minimum atomic E-state index is -2.79. The molecule has 31 heavy (non-hydrogen) atoms. The molecule has 0 aromatic heterocycles. The third-order valence-corrected chi connectivity index (χ3v) is 14.2. The first-order chi connectivity index (χ1) is 15.2. The van der Waals surface area contributed by atoms with Crippen LogP contribution in [0.4, 0.5) is 0 Å². The van der Waals surface area contributed by atoms with E-state index in [0.29, 0.717) is 0 Å². The van der Waals surface area contributed by atoms with E-state index in [-0.39, 0.29) is 0 Å². The average Bonchev–Trinajstić information content (AvgIpc) is 2.87. The number of hydrogen-bond donors (Lipinski definition) is 0. The van der Waals surface area contributed by atoms with Crippen LogP contribution < -0.4 is 20.7 Å². The predicted octanol–water partition coefficient (Wildman–Crippen LogP) is 3.97. The van der Waals surface area contributed by atoms with Crippen molar-refractivity contribution in [1.82, 2.24) is 0 Å². The van der Waals surface area contributed by atoms with Crippen molar-refractivity contribution in [3.05, 3.63) is 146 Å². The first-order valence-corrected chi connectivity index (χ1v) is 14.4. The Labute approximate surface area is 187 Å². The second-order valence-electron chi connectivity index (χ2n) is 7.45. The average molecular weight is 435 g/mol. The van der Waals surface area contributed by atoms with Gasteiger partial charge in [-0.05, 0) is 20.7 Å². The molecule has 3 heteroatoms. The summed E-state index contributed by atoms with van der Waals surface area (Å²) in [6, 6.07) is 42.1. The van der Waals surface area contributed by atoms with Crippen LogP contribution in [0, 0.1) is 0 Å². The highest BCUT2D eigenvalue weighted by molar-refractivity contribution is 7.12. The molecule has 4 aromatic rings. The van der Waals surface area contributed by atoms with Gasteiger partial charge in [-0.25, -0.2) is 0 Å². The lowest BCUT2D eigenvalue weighted by molar-refractivity contribution is 0.598. The highest BCUT2D eigenvalue weighted by Gasteiger charge is 2.47. The lowest BCUT2D eigenvalue weighted by Crippen LogP contribution is -2.71. The Balaban J connectivity index is 2.00. The monoisotopic (exact) mass is 434 g/mol. The van der Waals surface area contributed by atoms with Crippen molar-refractivity contribution in [2.45, 2.75) is 0 Å². The molecule has 0 atom stereocenters. The van der Waals surface area contributed by atoms with Crippen molar-refractivity contribution in [1.29, 1.82) is 0 Å². The molecular weight excluding hydrogens is 408 g/mol. The molecule has 0 fully saturated rings. The normalized spacial score (nSPS) is 11.6. The Kier molecular flexibility index (Phi) is 6.28. The molecule has 0 saturated carbocycles. The van der Waals surface area contributed by atoms with E-state index in [0.717, 1.165) is 0 Å². The van der Waals surface area contributed by atoms with Gasteiger partial charge in [-0.1, -0.05) is 133 Å². The lowest BCUT2D eigenvalue weighted by atomic mass is 10.4. The zero-order chi connectivity index (χ0) is 21.6. The number of rotatable bonds is 8. The third kappa shape index (κ3) is 3.91. The Morgan fingerprint density at radius 1 is 0.419 bits per heavy atom. The van der Waals surface area contributed by atoms with Gasteiger partial charge in [0.05, 0.1) is 0 Å². The fraction of sp³-hybridized carbons (Fsp3) is 0. The van der Waals surface area contributed by atoms with Crippen LogP contribution in [0.2, 0.25) is 0 Å². The minimum Gasteiger partial charge on any atom is -0.436 e. The Bertz CT molecular complexity index is 955. The summed E-state index contributed by atoms with van der Waals surface area (Å²) in [5.41, 5.74) is 4.13. The van der Waals surface area contributed by atoms with Gasteiger partial charge in [0, 0.05) is 0 Å². The van der Waals surface area contributed by atoms with Crippen LogP contribution in [0.1, 0.15) is 0 Å². The predicted molar refractivity (Wildman–Crippen MR) is 137 cm³/mol. The fourth-order valence-electron chi connectivity index (χ4n) is 4.12. The van der Waals surface area contributed by atoms with E-state index in [9.17, 15) is 0 Å². The van der Waals surface area contributed by atoms with Crippen LogP contribution in [-0.2, 0) is 4.12 Å². The number of benzene rings is 4. The van der Waals surface area contributed by atoms with Crippen LogP contribution in [0.5, 0.6) is 0 Å². The van der Waals surface area contributed by atoms with E-state index < -0.39 is 16.6 Å². The minimum absolute atomic E-state index is 1.18. The summed E-state index contributed by atoms with van der Waals surface area (Å²) in [6.07, 6.45) is 0. The van der Waals surface area contributed by atoms with E-state index in [1.165, 1.54) is 20.7 Å². The molecule has 0 heterocycles. The molecule has 4 aromatic carbocycles. The summed E-state index contributed by atoms with van der Waals surface area (Å²) in [5, 5.41) is 4.73. The SMILES string of the molecule is C=C[Si](O[Si](C=C)(c1ccccc1)c1ccccc1)(c1ccccc1)c1ccccc1. The van der Waals surface area contributed by atoms with E-state index in [2.05, 4.69) is 122 Å². The van der Waals surface area contributed by atoms with Crippen molar-refractivity contribution in [2.75, 3.05) is 0 Å². The quantitative estimate of drug-likeness (QED) is 0.381. The van der Waals surface area contributed by atoms with Gasteiger partial charge in [0.25, 0.3) is 16.6 Å². The molecule has 0 amide bonds. The van der Waals surface area contributed by atoms with Crippen molar-refractivity contribution in [2.24, 2.45) is 0 Å². The van der Waals surface area contributed by atoms with Crippen LogP contribution in [0.15, 0.2) is 146 Å². The van der Waals surface area contributed by atoms with Gasteiger partial charge in [-0.3, -0.25) is 0 Å². The number of hydrogen-bond acceptors (Lipinski definition) is 1. The standard InChI is InChI=1S/C28H26OSi2/c1-3-30(25-17-9-5-10-18-25,26-19-11-6-12-20-26)29-31(4-2,27-21-13-7-14-22-27)28-23-15-8-16-24-28/h3-24H,1-2H2. The molecule has 0 aliphatic carbocycles. The summed E-state index contributed by atoms with van der Waals surface area (Å²) in [6.45, 7) is 8.63. The molecule has 4 rings (SSSR count). The van der Waals surface area contributed by atoms with Gasteiger partial charge in [0.2, 0.25) is 0 Å². The van der Waals surface area contributed by atoms with Gasteiger partial charge in [-0.2, -0.15) is 0 Å². The lowest BCUT2D eigenvalue weighted by Gasteiger charge is -2.40. The highest BCUT2D eigenvalue weighted by Crippen LogP contribution is 2.19. The second kappa shape index (κ2) is 9.27. The maximum Gasteiger partial charge on any atom is 0.270 e. The second-order valence-corrected chi connectivity index (χ2v) is 14.3. The van der Waals surface area contributed by atoms with Gasteiger partial charge in [0.15, 0.2) is 0 Å². The third-order valence-electron chi connectivity index (χ3n) is 5.71. The van der Waals surface area contributed by atoms with Crippen molar-refractivity contribution in [3.8, 4) is 0 Å². The van der Waals surface area contributed by atoms with Crippen molar-refractivity contribution < 1.29 is 4.12 Å². The first kappa shape index (κ1) is 21.0. The van der Waals surface area contributed by atoms with Gasteiger partial charge < -0.3 is 4.12 Å². The molecule has 0 unspecified atom stereocenters. The zero-order valence-corrected chi connectivity index (χ0v) is 19.5. The van der Waals surface area contributed by atoms with Crippen LogP contribution >= 0.6 is 0 Å². The van der Waals surface area contributed by atoms with Crippen LogP contribution in [0.25, 0.3) is 0 Å². The summed E-state index contributed by atoms with van der Waals surface area (Å²) in [4.78, 5) is 0. The molecular formula is C28H26OSi2. The molecule has 1 nitrogen and oxygen atoms in total. The smallest absolute Gasteiger partial charge is 0.270 e.